The molecule has 0 atom stereocenters. The highest BCUT2D eigenvalue weighted by Crippen LogP contribution is 2.11. The van der Waals surface area contributed by atoms with E-state index in [4.69, 9.17) is 0 Å². The van der Waals surface area contributed by atoms with E-state index in [0.717, 1.165) is 26.2 Å². The van der Waals surface area contributed by atoms with E-state index in [0.29, 0.717) is 19.1 Å². The Labute approximate surface area is 85.1 Å². The molecule has 6 heteroatoms. The summed E-state index contributed by atoms with van der Waals surface area (Å²) in [6.45, 7) is 5.15. The highest BCUT2D eigenvalue weighted by molar-refractivity contribution is 7.88. The lowest BCUT2D eigenvalue weighted by Crippen LogP contribution is -2.61. The molecule has 0 aromatic carbocycles. The van der Waals surface area contributed by atoms with E-state index < -0.39 is 10.0 Å². The standard InChI is InChI=1S/C8H17N3O2S/c1-14(12,13)11-4-2-10(3-5-11)8-6-9-7-8/h8-9H,2-7H2,1H3. The van der Waals surface area contributed by atoms with Gasteiger partial charge in [-0.25, -0.2) is 8.42 Å². The van der Waals surface area contributed by atoms with Crippen molar-refractivity contribution in [3.63, 3.8) is 0 Å². The van der Waals surface area contributed by atoms with Crippen LogP contribution in [0.3, 0.4) is 0 Å². The average molecular weight is 219 g/mol. The summed E-state index contributed by atoms with van der Waals surface area (Å²) in [5.41, 5.74) is 0. The van der Waals surface area contributed by atoms with Gasteiger partial charge >= 0.3 is 0 Å². The number of piperazine rings is 1. The molecule has 2 aliphatic rings. The second-order valence-electron chi connectivity index (χ2n) is 4.01. The predicted octanol–water partition coefficient (Wildman–Crippen LogP) is -1.46. The first-order chi connectivity index (χ1) is 6.57. The Morgan fingerprint density at radius 3 is 2.07 bits per heavy atom. The number of nitrogens with one attached hydrogen (secondary N) is 1. The van der Waals surface area contributed by atoms with Crippen LogP contribution in [0.25, 0.3) is 0 Å². The smallest absolute Gasteiger partial charge is 0.211 e. The molecule has 2 rings (SSSR count). The SMILES string of the molecule is CS(=O)(=O)N1CCN(C2CNC2)CC1. The van der Waals surface area contributed by atoms with Gasteiger partial charge in [0, 0.05) is 45.3 Å². The van der Waals surface area contributed by atoms with Crippen molar-refractivity contribution in [1.82, 2.24) is 14.5 Å². The molecule has 5 nitrogen and oxygen atoms in total. The molecule has 2 fully saturated rings. The van der Waals surface area contributed by atoms with Gasteiger partial charge in [-0.15, -0.1) is 0 Å². The van der Waals surface area contributed by atoms with E-state index in [-0.39, 0.29) is 0 Å². The van der Waals surface area contributed by atoms with Crippen LogP contribution in [-0.4, -0.2) is 69.2 Å². The van der Waals surface area contributed by atoms with E-state index in [1.54, 1.807) is 4.31 Å². The Balaban J connectivity index is 1.85. The first-order valence-electron chi connectivity index (χ1n) is 4.97. The van der Waals surface area contributed by atoms with Crippen LogP contribution in [0.15, 0.2) is 0 Å². The van der Waals surface area contributed by atoms with E-state index in [1.807, 2.05) is 0 Å². The molecule has 14 heavy (non-hydrogen) atoms. The zero-order valence-electron chi connectivity index (χ0n) is 8.44. The van der Waals surface area contributed by atoms with Gasteiger partial charge in [-0.05, 0) is 0 Å². The summed E-state index contributed by atoms with van der Waals surface area (Å²) < 4.78 is 24.0. The molecule has 0 aromatic rings. The highest BCUT2D eigenvalue weighted by atomic mass is 32.2. The van der Waals surface area contributed by atoms with Gasteiger partial charge in [0.15, 0.2) is 0 Å². The van der Waals surface area contributed by atoms with Crippen LogP contribution in [0.1, 0.15) is 0 Å². The molecule has 2 aliphatic heterocycles. The summed E-state index contributed by atoms with van der Waals surface area (Å²) in [4.78, 5) is 2.37. The van der Waals surface area contributed by atoms with Crippen LogP contribution < -0.4 is 5.32 Å². The predicted molar refractivity (Wildman–Crippen MR) is 54.6 cm³/mol. The van der Waals surface area contributed by atoms with Crippen LogP contribution in [0, 0.1) is 0 Å². The summed E-state index contributed by atoms with van der Waals surface area (Å²) in [5.74, 6) is 0. The van der Waals surface area contributed by atoms with Crippen LogP contribution in [0.2, 0.25) is 0 Å². The lowest BCUT2D eigenvalue weighted by Gasteiger charge is -2.42. The second kappa shape index (κ2) is 3.77. The average Bonchev–Trinajstić information content (AvgIpc) is 2.00. The third kappa shape index (κ3) is 2.08. The largest absolute Gasteiger partial charge is 0.314 e. The first kappa shape index (κ1) is 10.4. The van der Waals surface area contributed by atoms with Gasteiger partial charge in [-0.2, -0.15) is 4.31 Å². The second-order valence-corrected chi connectivity index (χ2v) is 5.99. The number of rotatable bonds is 2. The molecule has 0 unspecified atom stereocenters. The number of hydrogen-bond donors (Lipinski definition) is 1. The normalized spacial score (nSPS) is 27.5. The van der Waals surface area contributed by atoms with E-state index in [2.05, 4.69) is 10.2 Å². The minimum Gasteiger partial charge on any atom is -0.314 e. The maximum absolute atomic E-state index is 11.2. The van der Waals surface area contributed by atoms with Gasteiger partial charge in [0.05, 0.1) is 6.26 Å². The number of hydrogen-bond acceptors (Lipinski definition) is 4. The van der Waals surface area contributed by atoms with Crippen molar-refractivity contribution in [2.45, 2.75) is 6.04 Å². The Morgan fingerprint density at radius 2 is 1.71 bits per heavy atom. The molecule has 82 valence electrons. The molecule has 0 aromatic heterocycles. The summed E-state index contributed by atoms with van der Waals surface area (Å²) in [6.07, 6.45) is 1.29. The highest BCUT2D eigenvalue weighted by Gasteiger charge is 2.30. The Morgan fingerprint density at radius 1 is 1.14 bits per heavy atom. The lowest BCUT2D eigenvalue weighted by atomic mass is 10.1. The quantitative estimate of drug-likeness (QED) is 0.616. The summed E-state index contributed by atoms with van der Waals surface area (Å²) in [7, 11) is -2.97. The monoisotopic (exact) mass is 219 g/mol. The maximum Gasteiger partial charge on any atom is 0.211 e. The number of sulfonamides is 1. The topological polar surface area (TPSA) is 52.7 Å². The molecular weight excluding hydrogens is 202 g/mol. The molecule has 0 amide bonds. The van der Waals surface area contributed by atoms with Gasteiger partial charge in [0.25, 0.3) is 0 Å². The molecule has 2 heterocycles. The maximum atomic E-state index is 11.2. The summed E-state index contributed by atoms with van der Waals surface area (Å²) >= 11 is 0. The fourth-order valence-electron chi connectivity index (χ4n) is 1.93. The molecule has 0 saturated carbocycles. The minimum absolute atomic E-state index is 0.636. The van der Waals surface area contributed by atoms with Crippen LogP contribution in [0.5, 0.6) is 0 Å². The van der Waals surface area contributed by atoms with Crippen molar-refractivity contribution >= 4 is 10.0 Å². The fourth-order valence-corrected chi connectivity index (χ4v) is 2.76. The fraction of sp³-hybridized carbons (Fsp3) is 1.00. The van der Waals surface area contributed by atoms with Crippen LogP contribution in [-0.2, 0) is 10.0 Å². The van der Waals surface area contributed by atoms with Crippen molar-refractivity contribution in [3.8, 4) is 0 Å². The van der Waals surface area contributed by atoms with Crippen LogP contribution >= 0.6 is 0 Å². The van der Waals surface area contributed by atoms with Crippen molar-refractivity contribution in [3.05, 3.63) is 0 Å². The Hall–Kier alpha value is -0.170. The molecular formula is C8H17N3O2S. The molecule has 2 saturated heterocycles. The van der Waals surface area contributed by atoms with Crippen molar-refractivity contribution < 1.29 is 8.42 Å². The van der Waals surface area contributed by atoms with Gasteiger partial charge in [-0.1, -0.05) is 0 Å². The summed E-state index contributed by atoms with van der Waals surface area (Å²) in [5, 5.41) is 3.23. The third-order valence-electron chi connectivity index (χ3n) is 3.02. The number of nitrogens with zero attached hydrogens (tertiary/aromatic N) is 2. The zero-order valence-corrected chi connectivity index (χ0v) is 9.26. The minimum atomic E-state index is -2.97. The molecule has 0 spiro atoms. The van der Waals surface area contributed by atoms with Gasteiger partial charge in [-0.3, -0.25) is 4.90 Å². The van der Waals surface area contributed by atoms with Crippen molar-refractivity contribution in [1.29, 1.82) is 0 Å². The van der Waals surface area contributed by atoms with Gasteiger partial charge in [0.2, 0.25) is 10.0 Å². The molecule has 0 radical (unpaired) electrons. The molecule has 1 N–H and O–H groups in total. The van der Waals surface area contributed by atoms with E-state index >= 15 is 0 Å². The van der Waals surface area contributed by atoms with Crippen LogP contribution in [0.4, 0.5) is 0 Å². The van der Waals surface area contributed by atoms with E-state index in [9.17, 15) is 8.42 Å². The van der Waals surface area contributed by atoms with Gasteiger partial charge in [0.1, 0.15) is 0 Å². The summed E-state index contributed by atoms with van der Waals surface area (Å²) in [6, 6.07) is 0.636. The van der Waals surface area contributed by atoms with Gasteiger partial charge < -0.3 is 5.32 Å². The molecule has 0 aliphatic carbocycles. The van der Waals surface area contributed by atoms with Crippen molar-refractivity contribution in [2.24, 2.45) is 0 Å². The van der Waals surface area contributed by atoms with E-state index in [1.165, 1.54) is 6.26 Å². The lowest BCUT2D eigenvalue weighted by molar-refractivity contribution is 0.103. The Bertz CT molecular complexity index is 292. The molecule has 0 bridgehead atoms. The first-order valence-corrected chi connectivity index (χ1v) is 6.82. The van der Waals surface area contributed by atoms with Crippen molar-refractivity contribution in [2.75, 3.05) is 45.5 Å². The zero-order chi connectivity index (χ0) is 10.2. The Kier molecular flexibility index (Phi) is 2.79. The third-order valence-corrected chi connectivity index (χ3v) is 4.32.